The maximum Gasteiger partial charge on any atom is 0.260 e. The molecule has 1 amide bonds. The number of rotatable bonds is 9. The summed E-state index contributed by atoms with van der Waals surface area (Å²) >= 11 is 1.38. The number of nitrogens with zero attached hydrogens (tertiary/aromatic N) is 3. The van der Waals surface area contributed by atoms with Crippen molar-refractivity contribution in [3.8, 4) is 5.75 Å². The second-order valence-electron chi connectivity index (χ2n) is 7.41. The first kappa shape index (κ1) is 23.9. The molecule has 2 heterocycles. The van der Waals surface area contributed by atoms with Gasteiger partial charge in [-0.25, -0.2) is 13.4 Å². The number of anilines is 1. The van der Waals surface area contributed by atoms with Gasteiger partial charge in [-0.3, -0.25) is 9.69 Å². The van der Waals surface area contributed by atoms with E-state index < -0.39 is 10.0 Å². The summed E-state index contributed by atoms with van der Waals surface area (Å²) < 4.78 is 38.6. The van der Waals surface area contributed by atoms with E-state index in [1.54, 1.807) is 39.4 Å². The number of thiazole rings is 1. The second kappa shape index (κ2) is 9.96. The average molecular weight is 500 g/mol. The Kier molecular flexibility index (Phi) is 7.01. The molecule has 0 saturated heterocycles. The van der Waals surface area contributed by atoms with Crippen molar-refractivity contribution in [2.45, 2.75) is 25.3 Å². The van der Waals surface area contributed by atoms with Gasteiger partial charge in [0.2, 0.25) is 10.0 Å². The van der Waals surface area contributed by atoms with Crippen LogP contribution in [0.2, 0.25) is 0 Å². The van der Waals surface area contributed by atoms with Crippen molar-refractivity contribution in [3.63, 3.8) is 0 Å². The molecule has 2 aromatic heterocycles. The average Bonchev–Trinajstić information content (AvgIpc) is 3.52. The summed E-state index contributed by atoms with van der Waals surface area (Å²) in [6.45, 7) is 4.51. The van der Waals surface area contributed by atoms with Crippen LogP contribution >= 0.6 is 11.3 Å². The summed E-state index contributed by atoms with van der Waals surface area (Å²) in [5, 5.41) is 0.504. The van der Waals surface area contributed by atoms with E-state index in [1.165, 1.54) is 44.8 Å². The van der Waals surface area contributed by atoms with Crippen molar-refractivity contribution in [3.05, 3.63) is 72.2 Å². The standard InChI is InChI=1S/C24H25N3O5S2/c1-4-26(5-2)34(29,30)20-11-8-17(9-12-20)23(28)27(16-19-7-6-14-32-19)24-25-21-15-18(31-3)10-13-22(21)33-24/h6-15H,4-5,16H2,1-3H3. The lowest BCUT2D eigenvalue weighted by Gasteiger charge is -2.20. The van der Waals surface area contributed by atoms with Gasteiger partial charge in [0.25, 0.3) is 5.91 Å². The minimum Gasteiger partial charge on any atom is -0.497 e. The van der Waals surface area contributed by atoms with Gasteiger partial charge < -0.3 is 9.15 Å². The lowest BCUT2D eigenvalue weighted by molar-refractivity contribution is 0.0983. The van der Waals surface area contributed by atoms with Crippen LogP contribution < -0.4 is 9.64 Å². The highest BCUT2D eigenvalue weighted by Gasteiger charge is 2.25. The smallest absolute Gasteiger partial charge is 0.260 e. The number of aromatic nitrogens is 1. The second-order valence-corrected chi connectivity index (χ2v) is 10.4. The van der Waals surface area contributed by atoms with E-state index >= 15 is 0 Å². The van der Waals surface area contributed by atoms with Crippen molar-refractivity contribution < 1.29 is 22.4 Å². The monoisotopic (exact) mass is 499 g/mol. The van der Waals surface area contributed by atoms with Crippen LogP contribution in [0.4, 0.5) is 5.13 Å². The first-order valence-corrected chi connectivity index (χ1v) is 13.0. The fourth-order valence-corrected chi connectivity index (χ4v) is 5.96. The molecule has 0 aliphatic rings. The van der Waals surface area contributed by atoms with Crippen LogP contribution in [0.25, 0.3) is 10.2 Å². The number of methoxy groups -OCH3 is 1. The molecule has 178 valence electrons. The van der Waals surface area contributed by atoms with Gasteiger partial charge in [0.1, 0.15) is 11.5 Å². The molecule has 0 fully saturated rings. The number of carbonyl (C=O) groups excluding carboxylic acids is 1. The largest absolute Gasteiger partial charge is 0.497 e. The van der Waals surface area contributed by atoms with Crippen LogP contribution in [-0.4, -0.2) is 43.8 Å². The van der Waals surface area contributed by atoms with Gasteiger partial charge >= 0.3 is 0 Å². The van der Waals surface area contributed by atoms with E-state index in [4.69, 9.17) is 9.15 Å². The molecule has 0 unspecified atom stereocenters. The van der Waals surface area contributed by atoms with E-state index in [0.717, 1.165) is 10.2 Å². The molecule has 4 rings (SSSR count). The summed E-state index contributed by atoms with van der Waals surface area (Å²) in [4.78, 5) is 19.9. The van der Waals surface area contributed by atoms with Gasteiger partial charge in [-0.2, -0.15) is 4.31 Å². The van der Waals surface area contributed by atoms with Crippen LogP contribution in [-0.2, 0) is 16.6 Å². The number of carbonyl (C=O) groups is 1. The first-order valence-electron chi connectivity index (χ1n) is 10.8. The molecule has 0 atom stereocenters. The van der Waals surface area contributed by atoms with E-state index in [2.05, 4.69) is 4.98 Å². The number of hydrogen-bond donors (Lipinski definition) is 0. The molecule has 34 heavy (non-hydrogen) atoms. The van der Waals surface area contributed by atoms with Gasteiger partial charge in [0.15, 0.2) is 5.13 Å². The Morgan fingerprint density at radius 1 is 1.09 bits per heavy atom. The lowest BCUT2D eigenvalue weighted by atomic mass is 10.2. The van der Waals surface area contributed by atoms with Crippen LogP contribution in [0, 0.1) is 0 Å². The van der Waals surface area contributed by atoms with Crippen LogP contribution in [0.15, 0.2) is 70.2 Å². The minimum atomic E-state index is -3.61. The third-order valence-corrected chi connectivity index (χ3v) is 8.52. The molecular formula is C24H25N3O5S2. The molecule has 4 aromatic rings. The van der Waals surface area contributed by atoms with Crippen molar-refractivity contribution >= 4 is 42.6 Å². The molecule has 0 aliphatic heterocycles. The zero-order valence-corrected chi connectivity index (χ0v) is 20.7. The molecule has 0 N–H and O–H groups in total. The number of amides is 1. The molecule has 0 spiro atoms. The van der Waals surface area contributed by atoms with E-state index in [1.807, 2.05) is 18.2 Å². The van der Waals surface area contributed by atoms with E-state index in [-0.39, 0.29) is 17.3 Å². The summed E-state index contributed by atoms with van der Waals surface area (Å²) in [5.41, 5.74) is 1.07. The normalized spacial score (nSPS) is 11.8. The first-order chi connectivity index (χ1) is 16.4. The Morgan fingerprint density at radius 3 is 2.44 bits per heavy atom. The van der Waals surface area contributed by atoms with Gasteiger partial charge in [-0.1, -0.05) is 25.2 Å². The maximum absolute atomic E-state index is 13.5. The fourth-order valence-electron chi connectivity index (χ4n) is 3.56. The summed E-state index contributed by atoms with van der Waals surface area (Å²) in [7, 11) is -2.02. The van der Waals surface area contributed by atoms with Crippen molar-refractivity contribution in [1.82, 2.24) is 9.29 Å². The highest BCUT2D eigenvalue weighted by atomic mass is 32.2. The van der Waals surface area contributed by atoms with Crippen molar-refractivity contribution in [1.29, 1.82) is 0 Å². The summed E-state index contributed by atoms with van der Waals surface area (Å²) in [6.07, 6.45) is 1.55. The van der Waals surface area contributed by atoms with Gasteiger partial charge in [-0.05, 0) is 48.5 Å². The Hall–Kier alpha value is -3.21. The Morgan fingerprint density at radius 2 is 1.82 bits per heavy atom. The zero-order chi connectivity index (χ0) is 24.3. The molecule has 2 aromatic carbocycles. The molecule has 0 aliphatic carbocycles. The number of benzene rings is 2. The summed E-state index contributed by atoms with van der Waals surface area (Å²) in [6, 6.07) is 15.1. The third-order valence-electron chi connectivity index (χ3n) is 5.40. The predicted molar refractivity (Wildman–Crippen MR) is 132 cm³/mol. The molecule has 10 heteroatoms. The Labute approximate surface area is 202 Å². The number of furan rings is 1. The topological polar surface area (TPSA) is 93.0 Å². The van der Waals surface area contributed by atoms with Crippen molar-refractivity contribution in [2.75, 3.05) is 25.1 Å². The Bertz CT molecular complexity index is 1380. The number of hydrogen-bond acceptors (Lipinski definition) is 7. The zero-order valence-electron chi connectivity index (χ0n) is 19.1. The summed E-state index contributed by atoms with van der Waals surface area (Å²) in [5.74, 6) is 0.971. The Balaban J connectivity index is 1.69. The van der Waals surface area contributed by atoms with Crippen molar-refractivity contribution in [2.24, 2.45) is 0 Å². The van der Waals surface area contributed by atoms with Gasteiger partial charge in [-0.15, -0.1) is 0 Å². The number of sulfonamides is 1. The molecule has 8 nitrogen and oxygen atoms in total. The van der Waals surface area contributed by atoms with E-state index in [9.17, 15) is 13.2 Å². The van der Waals surface area contributed by atoms with Crippen LogP contribution in [0.1, 0.15) is 30.0 Å². The maximum atomic E-state index is 13.5. The quantitative estimate of drug-likeness (QED) is 0.329. The lowest BCUT2D eigenvalue weighted by Crippen LogP contribution is -2.31. The van der Waals surface area contributed by atoms with E-state index in [0.29, 0.717) is 35.3 Å². The number of ether oxygens (including phenoxy) is 1. The van der Waals surface area contributed by atoms with Crippen LogP contribution in [0.5, 0.6) is 5.75 Å². The van der Waals surface area contributed by atoms with Crippen LogP contribution in [0.3, 0.4) is 0 Å². The molecule has 0 radical (unpaired) electrons. The number of fused-ring (bicyclic) bond motifs is 1. The highest BCUT2D eigenvalue weighted by Crippen LogP contribution is 2.33. The SMILES string of the molecule is CCN(CC)S(=O)(=O)c1ccc(C(=O)N(Cc2ccco2)c2nc3cc(OC)ccc3s2)cc1. The molecule has 0 saturated carbocycles. The van der Waals surface area contributed by atoms with Gasteiger partial charge in [0.05, 0.1) is 35.0 Å². The predicted octanol–water partition coefficient (Wildman–Crippen LogP) is 4.78. The minimum absolute atomic E-state index is 0.150. The fraction of sp³-hybridized carbons (Fsp3) is 0.250. The highest BCUT2D eigenvalue weighted by molar-refractivity contribution is 7.89. The molecular weight excluding hydrogens is 474 g/mol. The third kappa shape index (κ3) is 4.70. The molecule has 0 bridgehead atoms. The van der Waals surface area contributed by atoms with Gasteiger partial charge in [0, 0.05) is 24.7 Å².